The van der Waals surface area contributed by atoms with Crippen molar-refractivity contribution >= 4 is 28.5 Å². The second-order valence-electron chi connectivity index (χ2n) is 7.51. The normalized spacial score (nSPS) is 23.3. The van der Waals surface area contributed by atoms with Gasteiger partial charge in [-0.2, -0.15) is 11.3 Å². The highest BCUT2D eigenvalue weighted by Gasteiger charge is 2.24. The average Bonchev–Trinajstić information content (AvgIpc) is 3.12. The van der Waals surface area contributed by atoms with Crippen LogP contribution in [0.4, 0.5) is 11.5 Å². The highest BCUT2D eigenvalue weighted by molar-refractivity contribution is 7.08. The molecule has 136 valence electrons. The third-order valence-electron chi connectivity index (χ3n) is 5.35. The third-order valence-corrected chi connectivity index (χ3v) is 6.03. The van der Waals surface area contributed by atoms with Gasteiger partial charge in [-0.05, 0) is 50.0 Å². The molecule has 3 heterocycles. The Bertz CT molecular complexity index is 890. The number of hydrogen-bond acceptors (Lipinski definition) is 6. The molecule has 0 saturated heterocycles. The number of imidazole rings is 1. The van der Waals surface area contributed by atoms with Gasteiger partial charge in [-0.25, -0.2) is 9.50 Å². The summed E-state index contributed by atoms with van der Waals surface area (Å²) >= 11 is 1.69. The maximum absolute atomic E-state index is 6.05. The average molecular weight is 369 g/mol. The first-order valence-corrected chi connectivity index (χ1v) is 10.4. The summed E-state index contributed by atoms with van der Waals surface area (Å²) in [7, 11) is 0. The van der Waals surface area contributed by atoms with Gasteiger partial charge in [-0.1, -0.05) is 0 Å². The summed E-state index contributed by atoms with van der Waals surface area (Å²) in [6.45, 7) is 0. The van der Waals surface area contributed by atoms with E-state index in [-0.39, 0.29) is 0 Å². The van der Waals surface area contributed by atoms with Crippen molar-refractivity contribution in [3.05, 3.63) is 29.1 Å². The van der Waals surface area contributed by atoms with E-state index < -0.39 is 0 Å². The number of nitrogens with one attached hydrogen (secondary N) is 2. The smallest absolute Gasteiger partial charge is 0.177 e. The molecule has 0 aromatic carbocycles. The summed E-state index contributed by atoms with van der Waals surface area (Å²) in [6, 6.07) is 5.61. The standard InChI is InChI=1S/C19H24N6S/c20-13-1-3-15(4-2-13)23-18-9-16(22-14-5-6-14)19-21-10-17(25(19)24-18)12-7-8-26-11-12/h7-11,13-15,22H,1-6,20H2,(H,23,24). The van der Waals surface area contributed by atoms with Crippen LogP contribution >= 0.6 is 11.3 Å². The first-order valence-electron chi connectivity index (χ1n) is 9.46. The number of anilines is 2. The lowest BCUT2D eigenvalue weighted by atomic mass is 9.92. The van der Waals surface area contributed by atoms with Crippen molar-refractivity contribution in [2.45, 2.75) is 56.7 Å². The predicted molar refractivity (Wildman–Crippen MR) is 107 cm³/mol. The lowest BCUT2D eigenvalue weighted by molar-refractivity contribution is 0.410. The minimum absolute atomic E-state index is 0.356. The molecule has 0 bridgehead atoms. The Morgan fingerprint density at radius 1 is 1.08 bits per heavy atom. The van der Waals surface area contributed by atoms with E-state index in [0.29, 0.717) is 18.1 Å². The Morgan fingerprint density at radius 2 is 1.85 bits per heavy atom. The fourth-order valence-corrected chi connectivity index (χ4v) is 4.32. The van der Waals surface area contributed by atoms with Crippen LogP contribution in [0.25, 0.3) is 16.9 Å². The van der Waals surface area contributed by atoms with Crippen molar-refractivity contribution < 1.29 is 0 Å². The molecule has 2 fully saturated rings. The van der Waals surface area contributed by atoms with Crippen LogP contribution in [0, 0.1) is 0 Å². The molecule has 0 radical (unpaired) electrons. The van der Waals surface area contributed by atoms with Crippen LogP contribution in [-0.4, -0.2) is 32.7 Å². The number of nitrogens with two attached hydrogens (primary N) is 1. The zero-order valence-corrected chi connectivity index (χ0v) is 15.5. The fraction of sp³-hybridized carbons (Fsp3) is 0.474. The molecular formula is C19H24N6S. The Labute approximate surface area is 156 Å². The SMILES string of the molecule is NC1CCC(Nc2cc(NC3CC3)c3ncc(-c4ccsc4)n3n2)CC1. The molecule has 2 aliphatic rings. The van der Waals surface area contributed by atoms with Crippen LogP contribution < -0.4 is 16.4 Å². The minimum atomic E-state index is 0.356. The van der Waals surface area contributed by atoms with E-state index in [4.69, 9.17) is 10.8 Å². The highest BCUT2D eigenvalue weighted by atomic mass is 32.1. The molecule has 5 rings (SSSR count). The Morgan fingerprint density at radius 3 is 2.58 bits per heavy atom. The lowest BCUT2D eigenvalue weighted by Crippen LogP contribution is -2.33. The van der Waals surface area contributed by atoms with Crippen molar-refractivity contribution in [2.24, 2.45) is 5.73 Å². The van der Waals surface area contributed by atoms with Crippen LogP contribution in [0.15, 0.2) is 29.1 Å². The zero-order chi connectivity index (χ0) is 17.5. The number of rotatable bonds is 5. The number of nitrogens with zero attached hydrogens (tertiary/aromatic N) is 3. The van der Waals surface area contributed by atoms with E-state index >= 15 is 0 Å². The number of hydrogen-bond donors (Lipinski definition) is 3. The first-order chi connectivity index (χ1) is 12.8. The van der Waals surface area contributed by atoms with Gasteiger partial charge in [0.2, 0.25) is 0 Å². The number of aromatic nitrogens is 3. The zero-order valence-electron chi connectivity index (χ0n) is 14.7. The van der Waals surface area contributed by atoms with Gasteiger partial charge in [-0.15, -0.1) is 5.10 Å². The third kappa shape index (κ3) is 3.17. The summed E-state index contributed by atoms with van der Waals surface area (Å²) in [5.41, 5.74) is 10.2. The van der Waals surface area contributed by atoms with Gasteiger partial charge < -0.3 is 16.4 Å². The summed E-state index contributed by atoms with van der Waals surface area (Å²) in [5.74, 6) is 0.913. The summed E-state index contributed by atoms with van der Waals surface area (Å²) in [5, 5.41) is 16.4. The van der Waals surface area contributed by atoms with Gasteiger partial charge in [0.05, 0.1) is 17.6 Å². The van der Waals surface area contributed by atoms with Crippen LogP contribution in [0.2, 0.25) is 0 Å². The first kappa shape index (κ1) is 16.1. The van der Waals surface area contributed by atoms with Crippen molar-refractivity contribution in [1.29, 1.82) is 0 Å². The van der Waals surface area contributed by atoms with Gasteiger partial charge >= 0.3 is 0 Å². The monoisotopic (exact) mass is 368 g/mol. The molecule has 4 N–H and O–H groups in total. The second-order valence-corrected chi connectivity index (χ2v) is 8.29. The van der Waals surface area contributed by atoms with Gasteiger partial charge in [0.25, 0.3) is 0 Å². The fourth-order valence-electron chi connectivity index (χ4n) is 3.67. The van der Waals surface area contributed by atoms with E-state index in [1.165, 1.54) is 12.8 Å². The van der Waals surface area contributed by atoms with E-state index in [2.05, 4.69) is 38.5 Å². The molecule has 26 heavy (non-hydrogen) atoms. The van der Waals surface area contributed by atoms with Gasteiger partial charge in [0.15, 0.2) is 5.65 Å². The molecule has 6 nitrogen and oxygen atoms in total. The van der Waals surface area contributed by atoms with Gasteiger partial charge in [0, 0.05) is 35.1 Å². The van der Waals surface area contributed by atoms with Crippen molar-refractivity contribution in [3.8, 4) is 11.3 Å². The summed E-state index contributed by atoms with van der Waals surface area (Å²) < 4.78 is 1.98. The highest BCUT2D eigenvalue weighted by Crippen LogP contribution is 2.31. The van der Waals surface area contributed by atoms with Crippen LogP contribution in [-0.2, 0) is 0 Å². The summed E-state index contributed by atoms with van der Waals surface area (Å²) in [6.07, 6.45) is 8.76. The van der Waals surface area contributed by atoms with Crippen molar-refractivity contribution in [3.63, 3.8) is 0 Å². The Kier molecular flexibility index (Phi) is 4.05. The number of fused-ring (bicyclic) bond motifs is 1. The van der Waals surface area contributed by atoms with Crippen LogP contribution in [0.3, 0.4) is 0 Å². The van der Waals surface area contributed by atoms with Gasteiger partial charge in [0.1, 0.15) is 5.82 Å². The minimum Gasteiger partial charge on any atom is -0.379 e. The topological polar surface area (TPSA) is 80.3 Å². The predicted octanol–water partition coefficient (Wildman–Crippen LogP) is 3.71. The van der Waals surface area contributed by atoms with E-state index in [1.54, 1.807) is 11.3 Å². The quantitative estimate of drug-likeness (QED) is 0.640. The molecule has 2 saturated carbocycles. The lowest BCUT2D eigenvalue weighted by Gasteiger charge is -2.27. The Hall–Kier alpha value is -2.12. The molecule has 0 atom stereocenters. The molecule has 3 aromatic heterocycles. The molecule has 0 unspecified atom stereocenters. The molecule has 0 spiro atoms. The van der Waals surface area contributed by atoms with E-state index in [0.717, 1.165) is 54.1 Å². The van der Waals surface area contributed by atoms with Crippen LogP contribution in [0.5, 0.6) is 0 Å². The molecular weight excluding hydrogens is 344 g/mol. The van der Waals surface area contributed by atoms with Crippen LogP contribution in [0.1, 0.15) is 38.5 Å². The molecule has 0 amide bonds. The van der Waals surface area contributed by atoms with E-state index in [1.807, 2.05) is 10.7 Å². The number of thiophene rings is 1. The molecule has 7 heteroatoms. The van der Waals surface area contributed by atoms with E-state index in [9.17, 15) is 0 Å². The van der Waals surface area contributed by atoms with Gasteiger partial charge in [-0.3, -0.25) is 0 Å². The molecule has 2 aliphatic carbocycles. The maximum atomic E-state index is 6.05. The van der Waals surface area contributed by atoms with Crippen molar-refractivity contribution in [2.75, 3.05) is 10.6 Å². The summed E-state index contributed by atoms with van der Waals surface area (Å²) in [4.78, 5) is 4.65. The molecule has 3 aromatic rings. The largest absolute Gasteiger partial charge is 0.379 e. The second kappa shape index (κ2) is 6.55. The maximum Gasteiger partial charge on any atom is 0.177 e. The Balaban J connectivity index is 1.51. The molecule has 0 aliphatic heterocycles. The van der Waals surface area contributed by atoms with Crippen molar-refractivity contribution in [1.82, 2.24) is 14.6 Å².